The van der Waals surface area contributed by atoms with Gasteiger partial charge in [-0.25, -0.2) is 4.98 Å². The number of nitrogens with one attached hydrogen (secondary N) is 2. The molecule has 3 aromatic rings. The van der Waals surface area contributed by atoms with Gasteiger partial charge < -0.3 is 20.3 Å². The molecule has 2 fully saturated rings. The lowest BCUT2D eigenvalue weighted by molar-refractivity contribution is 0.121. The number of anilines is 4. The van der Waals surface area contributed by atoms with Crippen molar-refractivity contribution in [2.45, 2.75) is 95.1 Å². The van der Waals surface area contributed by atoms with Crippen molar-refractivity contribution in [3.63, 3.8) is 0 Å². The predicted octanol–water partition coefficient (Wildman–Crippen LogP) is 6.69. The van der Waals surface area contributed by atoms with Crippen molar-refractivity contribution in [2.24, 2.45) is 7.05 Å². The van der Waals surface area contributed by atoms with E-state index in [0.29, 0.717) is 39.5 Å². The molecule has 1 saturated heterocycles. The molecule has 222 valence electrons. The summed E-state index contributed by atoms with van der Waals surface area (Å²) in [5.74, 6) is 2.17. The molecule has 0 bridgehead atoms. The van der Waals surface area contributed by atoms with Crippen LogP contribution in [0.1, 0.15) is 76.8 Å². The lowest BCUT2D eigenvalue weighted by Crippen LogP contribution is -2.38. The van der Waals surface area contributed by atoms with Crippen LogP contribution in [0.5, 0.6) is 5.75 Å². The molecule has 1 aromatic carbocycles. The molecule has 9 nitrogen and oxygen atoms in total. The number of ether oxygens (including phenoxy) is 1. The maximum absolute atomic E-state index is 12.8. The molecule has 41 heavy (non-hydrogen) atoms. The van der Waals surface area contributed by atoms with Crippen LogP contribution in [-0.4, -0.2) is 59.3 Å². The minimum atomic E-state index is -1.27. The van der Waals surface area contributed by atoms with Gasteiger partial charge in [-0.1, -0.05) is 25.4 Å². The maximum Gasteiger partial charge on any atom is 0.229 e. The van der Waals surface area contributed by atoms with Crippen molar-refractivity contribution in [2.75, 3.05) is 23.7 Å². The molecule has 0 amide bonds. The van der Waals surface area contributed by atoms with Crippen molar-refractivity contribution in [3.8, 4) is 5.75 Å². The van der Waals surface area contributed by atoms with Crippen LogP contribution in [-0.2, 0) is 17.8 Å². The van der Waals surface area contributed by atoms with Gasteiger partial charge in [0.15, 0.2) is 10.8 Å². The van der Waals surface area contributed by atoms with Gasteiger partial charge in [0.25, 0.3) is 0 Å². The van der Waals surface area contributed by atoms with E-state index in [1.807, 2.05) is 13.8 Å². The number of halogens is 1. The fraction of sp³-hybridized carbons (Fsp3) is 0.567. The minimum absolute atomic E-state index is 0.0772. The van der Waals surface area contributed by atoms with Gasteiger partial charge in [-0.3, -0.25) is 8.89 Å². The smallest absolute Gasteiger partial charge is 0.229 e. The second-order valence-electron chi connectivity index (χ2n) is 11.8. The molecule has 1 unspecified atom stereocenters. The van der Waals surface area contributed by atoms with E-state index in [-0.39, 0.29) is 11.4 Å². The van der Waals surface area contributed by atoms with Crippen molar-refractivity contribution < 1.29 is 8.95 Å². The van der Waals surface area contributed by atoms with Gasteiger partial charge in [0.2, 0.25) is 5.95 Å². The molecule has 2 N–H and O–H groups in total. The highest BCUT2D eigenvalue weighted by Crippen LogP contribution is 2.40. The molecule has 5 rings (SSSR count). The Labute approximate surface area is 250 Å². The summed E-state index contributed by atoms with van der Waals surface area (Å²) >= 11 is 6.49. The number of piperidine rings is 1. The summed E-state index contributed by atoms with van der Waals surface area (Å²) in [6.07, 6.45) is 9.24. The van der Waals surface area contributed by atoms with E-state index in [4.69, 9.17) is 16.3 Å². The van der Waals surface area contributed by atoms with E-state index in [1.54, 1.807) is 24.1 Å². The Bertz CT molecular complexity index is 1400. The first-order valence-electron chi connectivity index (χ1n) is 14.6. The summed E-state index contributed by atoms with van der Waals surface area (Å²) in [7, 11) is 0.521. The summed E-state index contributed by atoms with van der Waals surface area (Å²) in [5.41, 5.74) is 4.05. The first-order chi connectivity index (χ1) is 19.6. The quantitative estimate of drug-likeness (QED) is 0.266. The first kappa shape index (κ1) is 29.8. The van der Waals surface area contributed by atoms with E-state index < -0.39 is 10.8 Å². The number of hydrogen-bond acceptors (Lipinski definition) is 8. The average molecular weight is 600 g/mol. The Morgan fingerprint density at radius 2 is 1.80 bits per heavy atom. The van der Waals surface area contributed by atoms with Gasteiger partial charge in [0, 0.05) is 24.5 Å². The molecular formula is C30H42ClN7O2S. The zero-order valence-electron chi connectivity index (χ0n) is 24.9. The normalized spacial score (nSPS) is 17.6. The summed E-state index contributed by atoms with van der Waals surface area (Å²) in [6.45, 7) is 12.8. The maximum atomic E-state index is 12.8. The molecule has 0 spiro atoms. The van der Waals surface area contributed by atoms with Crippen LogP contribution in [0, 0.1) is 6.92 Å². The minimum Gasteiger partial charge on any atom is -0.488 e. The lowest BCUT2D eigenvalue weighted by atomic mass is 9.86. The number of aryl methyl sites for hydroxylation is 2. The molecule has 1 aliphatic carbocycles. The van der Waals surface area contributed by atoms with Crippen molar-refractivity contribution in [1.82, 2.24) is 24.6 Å². The number of benzene rings is 1. The second kappa shape index (κ2) is 12.7. The Morgan fingerprint density at radius 3 is 2.44 bits per heavy atom. The molecule has 2 aromatic heterocycles. The summed E-state index contributed by atoms with van der Waals surface area (Å²) < 4.78 is 21.0. The number of hydrogen-bond donors (Lipinski definition) is 2. The average Bonchev–Trinajstić information content (AvgIpc) is 3.28. The topological polar surface area (TPSA) is 97.2 Å². The highest BCUT2D eigenvalue weighted by atomic mass is 35.5. The molecule has 3 heterocycles. The second-order valence-corrected chi connectivity index (χ2v) is 14.1. The van der Waals surface area contributed by atoms with Gasteiger partial charge >= 0.3 is 0 Å². The SMILES string of the molecule is Cc1cc(Nc2ncc(Cl)c(Nc3cn(C)nc3S(=O)C(C)C)n2)c(OC2CCC2)cc1C1CCN(C(C)C)CC1. The van der Waals surface area contributed by atoms with Crippen LogP contribution >= 0.6 is 11.6 Å². The Hall–Kier alpha value is -2.69. The van der Waals surface area contributed by atoms with Crippen LogP contribution in [0.15, 0.2) is 29.6 Å². The molecule has 0 radical (unpaired) electrons. The van der Waals surface area contributed by atoms with Gasteiger partial charge in [-0.05, 0) is 95.1 Å². The van der Waals surface area contributed by atoms with Crippen molar-refractivity contribution in [1.29, 1.82) is 0 Å². The monoisotopic (exact) mass is 599 g/mol. The molecule has 11 heteroatoms. The number of likely N-dealkylation sites (tertiary alicyclic amines) is 1. The predicted molar refractivity (Wildman–Crippen MR) is 166 cm³/mol. The van der Waals surface area contributed by atoms with E-state index >= 15 is 0 Å². The molecule has 1 atom stereocenters. The van der Waals surface area contributed by atoms with E-state index in [1.165, 1.54) is 17.5 Å². The van der Waals surface area contributed by atoms with Crippen molar-refractivity contribution in [3.05, 3.63) is 40.7 Å². The highest BCUT2D eigenvalue weighted by Gasteiger charge is 2.27. The standard InChI is InChI=1S/C30H42ClN7O2S/c1-18(2)38-12-10-21(11-13-38)23-15-27(40-22-8-7-9-22)25(14-20(23)5)34-30-32-16-24(31)28(35-30)33-26-17-37(6)36-29(26)41(39)19(3)4/h14-19,21-22H,7-13H2,1-6H3,(H2,32,33,34,35). The van der Waals surface area contributed by atoms with E-state index in [2.05, 4.69) is 63.5 Å². The van der Waals surface area contributed by atoms with E-state index in [0.717, 1.165) is 50.2 Å². The molecule has 1 aliphatic heterocycles. The largest absolute Gasteiger partial charge is 0.488 e. The van der Waals surface area contributed by atoms with Crippen LogP contribution in [0.2, 0.25) is 5.02 Å². The van der Waals surface area contributed by atoms with Gasteiger partial charge in [-0.2, -0.15) is 10.1 Å². The Kier molecular flexibility index (Phi) is 9.21. The van der Waals surface area contributed by atoms with Crippen LogP contribution in [0.4, 0.5) is 23.1 Å². The van der Waals surface area contributed by atoms with Gasteiger partial charge in [-0.15, -0.1) is 0 Å². The van der Waals surface area contributed by atoms with Gasteiger partial charge in [0.1, 0.15) is 10.8 Å². The fourth-order valence-electron chi connectivity index (χ4n) is 5.42. The van der Waals surface area contributed by atoms with Crippen molar-refractivity contribution >= 4 is 45.5 Å². The Morgan fingerprint density at radius 1 is 1.07 bits per heavy atom. The summed E-state index contributed by atoms with van der Waals surface area (Å²) in [6, 6.07) is 4.99. The fourth-order valence-corrected chi connectivity index (χ4v) is 6.54. The zero-order chi connectivity index (χ0) is 29.3. The molecular weight excluding hydrogens is 558 g/mol. The third-order valence-electron chi connectivity index (χ3n) is 8.07. The summed E-state index contributed by atoms with van der Waals surface area (Å²) in [5, 5.41) is 11.8. The molecule has 2 aliphatic rings. The van der Waals surface area contributed by atoms with E-state index in [9.17, 15) is 4.21 Å². The zero-order valence-corrected chi connectivity index (χ0v) is 26.5. The third-order valence-corrected chi connectivity index (χ3v) is 9.89. The van der Waals surface area contributed by atoms with Crippen LogP contribution in [0.3, 0.4) is 0 Å². The molecule has 1 saturated carbocycles. The number of rotatable bonds is 10. The first-order valence-corrected chi connectivity index (χ1v) is 16.2. The lowest BCUT2D eigenvalue weighted by Gasteiger charge is -2.35. The van der Waals surface area contributed by atoms with Gasteiger partial charge in [0.05, 0.1) is 34.5 Å². The number of aromatic nitrogens is 4. The highest BCUT2D eigenvalue weighted by molar-refractivity contribution is 7.85. The number of nitrogens with zero attached hydrogens (tertiary/aromatic N) is 5. The van der Waals surface area contributed by atoms with Crippen LogP contribution in [0.25, 0.3) is 0 Å². The summed E-state index contributed by atoms with van der Waals surface area (Å²) in [4.78, 5) is 11.7. The van der Waals surface area contributed by atoms with Crippen LogP contribution < -0.4 is 15.4 Å². The Balaban J connectivity index is 1.41. The third kappa shape index (κ3) is 6.87.